The Balaban J connectivity index is 2.03. The SMILES string of the molecule is CCCNCc1ccccc1N(C)C1CCC1. The predicted molar refractivity (Wildman–Crippen MR) is 74.5 cm³/mol. The van der Waals surface area contributed by atoms with Gasteiger partial charge < -0.3 is 10.2 Å². The summed E-state index contributed by atoms with van der Waals surface area (Å²) >= 11 is 0. The highest BCUT2D eigenvalue weighted by molar-refractivity contribution is 5.54. The van der Waals surface area contributed by atoms with Crippen LogP contribution in [0.5, 0.6) is 0 Å². The van der Waals surface area contributed by atoms with E-state index >= 15 is 0 Å². The van der Waals surface area contributed by atoms with E-state index in [9.17, 15) is 0 Å². The summed E-state index contributed by atoms with van der Waals surface area (Å²) in [4.78, 5) is 2.46. The van der Waals surface area contributed by atoms with E-state index in [2.05, 4.69) is 48.5 Å². The molecule has 17 heavy (non-hydrogen) atoms. The topological polar surface area (TPSA) is 15.3 Å². The molecule has 1 aromatic carbocycles. The summed E-state index contributed by atoms with van der Waals surface area (Å²) in [6.45, 7) is 4.29. The monoisotopic (exact) mass is 232 g/mol. The van der Waals surface area contributed by atoms with Crippen LogP contribution in [-0.2, 0) is 6.54 Å². The fraction of sp³-hybridized carbons (Fsp3) is 0.600. The molecule has 0 aromatic heterocycles. The summed E-state index contributed by atoms with van der Waals surface area (Å²) in [5, 5.41) is 3.49. The first-order valence-electron chi connectivity index (χ1n) is 6.84. The highest BCUT2D eigenvalue weighted by atomic mass is 15.1. The molecule has 1 N–H and O–H groups in total. The van der Waals surface area contributed by atoms with Crippen molar-refractivity contribution >= 4 is 5.69 Å². The van der Waals surface area contributed by atoms with E-state index < -0.39 is 0 Å². The number of nitrogens with zero attached hydrogens (tertiary/aromatic N) is 1. The Morgan fingerprint density at radius 1 is 1.29 bits per heavy atom. The molecule has 2 heteroatoms. The molecule has 0 saturated heterocycles. The van der Waals surface area contributed by atoms with Crippen LogP contribution in [0.25, 0.3) is 0 Å². The Labute approximate surface area is 105 Å². The number of hydrogen-bond donors (Lipinski definition) is 1. The van der Waals surface area contributed by atoms with Gasteiger partial charge in [0.15, 0.2) is 0 Å². The van der Waals surface area contributed by atoms with Gasteiger partial charge in [-0.3, -0.25) is 0 Å². The third kappa shape index (κ3) is 3.01. The minimum absolute atomic E-state index is 0.766. The summed E-state index contributed by atoms with van der Waals surface area (Å²) in [7, 11) is 2.24. The van der Waals surface area contributed by atoms with E-state index in [0.29, 0.717) is 0 Å². The zero-order valence-electron chi connectivity index (χ0n) is 11.1. The Hall–Kier alpha value is -1.02. The van der Waals surface area contributed by atoms with Gasteiger partial charge in [-0.2, -0.15) is 0 Å². The maximum Gasteiger partial charge on any atom is 0.0411 e. The van der Waals surface area contributed by atoms with E-state index in [1.807, 2.05) is 0 Å². The molecule has 0 bridgehead atoms. The van der Waals surface area contributed by atoms with Crippen molar-refractivity contribution in [3.8, 4) is 0 Å². The average Bonchev–Trinajstić information content (AvgIpc) is 2.27. The minimum Gasteiger partial charge on any atom is -0.371 e. The van der Waals surface area contributed by atoms with Crippen LogP contribution < -0.4 is 10.2 Å². The number of hydrogen-bond acceptors (Lipinski definition) is 2. The number of nitrogens with one attached hydrogen (secondary N) is 1. The van der Waals surface area contributed by atoms with E-state index in [-0.39, 0.29) is 0 Å². The highest BCUT2D eigenvalue weighted by Gasteiger charge is 2.23. The Bertz CT molecular complexity index is 345. The molecule has 94 valence electrons. The van der Waals surface area contributed by atoms with Crippen LogP contribution in [0.1, 0.15) is 38.2 Å². The van der Waals surface area contributed by atoms with Gasteiger partial charge in [0.05, 0.1) is 0 Å². The van der Waals surface area contributed by atoms with Crippen molar-refractivity contribution in [2.75, 3.05) is 18.5 Å². The molecule has 1 fully saturated rings. The molecule has 0 spiro atoms. The standard InChI is InChI=1S/C15H24N2/c1-3-11-16-12-13-7-4-5-10-15(13)17(2)14-8-6-9-14/h4-5,7,10,14,16H,3,6,8-9,11-12H2,1-2H3. The summed E-state index contributed by atoms with van der Waals surface area (Å²) in [5.74, 6) is 0. The van der Waals surface area contributed by atoms with E-state index in [0.717, 1.165) is 19.1 Å². The van der Waals surface area contributed by atoms with Crippen molar-refractivity contribution in [1.29, 1.82) is 0 Å². The van der Waals surface area contributed by atoms with Crippen molar-refractivity contribution in [1.82, 2.24) is 5.32 Å². The van der Waals surface area contributed by atoms with Crippen LogP contribution in [-0.4, -0.2) is 19.6 Å². The van der Waals surface area contributed by atoms with Crippen molar-refractivity contribution < 1.29 is 0 Å². The summed E-state index contributed by atoms with van der Waals surface area (Å²) < 4.78 is 0. The number of rotatable bonds is 6. The summed E-state index contributed by atoms with van der Waals surface area (Å²) in [5.41, 5.74) is 2.83. The Morgan fingerprint density at radius 2 is 2.06 bits per heavy atom. The van der Waals surface area contributed by atoms with E-state index in [1.165, 1.54) is 36.9 Å². The second kappa shape index (κ2) is 6.06. The van der Waals surface area contributed by atoms with Crippen molar-refractivity contribution in [2.24, 2.45) is 0 Å². The first-order chi connectivity index (χ1) is 8.33. The maximum atomic E-state index is 3.49. The molecule has 0 heterocycles. The molecule has 1 saturated carbocycles. The van der Waals surface area contributed by atoms with Gasteiger partial charge in [-0.1, -0.05) is 25.1 Å². The third-order valence-electron chi connectivity index (χ3n) is 3.74. The van der Waals surface area contributed by atoms with Crippen LogP contribution in [0.3, 0.4) is 0 Å². The third-order valence-corrected chi connectivity index (χ3v) is 3.74. The number of para-hydroxylation sites is 1. The van der Waals surface area contributed by atoms with Gasteiger partial charge in [0.25, 0.3) is 0 Å². The van der Waals surface area contributed by atoms with Crippen LogP contribution in [0.4, 0.5) is 5.69 Å². The van der Waals surface area contributed by atoms with Gasteiger partial charge in [-0.05, 0) is 43.9 Å². The molecule has 0 unspecified atom stereocenters. The minimum atomic E-state index is 0.766. The van der Waals surface area contributed by atoms with Crippen LogP contribution in [0, 0.1) is 0 Å². The van der Waals surface area contributed by atoms with E-state index in [4.69, 9.17) is 0 Å². The highest BCUT2D eigenvalue weighted by Crippen LogP contribution is 2.30. The first kappa shape index (κ1) is 12.4. The molecule has 1 aliphatic rings. The van der Waals surface area contributed by atoms with Crippen molar-refractivity contribution in [3.05, 3.63) is 29.8 Å². The smallest absolute Gasteiger partial charge is 0.0411 e. The molecule has 0 atom stereocenters. The molecule has 0 amide bonds. The average molecular weight is 232 g/mol. The quantitative estimate of drug-likeness (QED) is 0.758. The number of anilines is 1. The van der Waals surface area contributed by atoms with Gasteiger partial charge in [0, 0.05) is 25.3 Å². The molecule has 0 radical (unpaired) electrons. The zero-order chi connectivity index (χ0) is 12.1. The Kier molecular flexibility index (Phi) is 4.43. The second-order valence-electron chi connectivity index (χ2n) is 5.00. The molecule has 2 nitrogen and oxygen atoms in total. The van der Waals surface area contributed by atoms with E-state index in [1.54, 1.807) is 0 Å². The first-order valence-corrected chi connectivity index (χ1v) is 6.84. The lowest BCUT2D eigenvalue weighted by atomic mass is 9.91. The van der Waals surface area contributed by atoms with Gasteiger partial charge in [0.2, 0.25) is 0 Å². The van der Waals surface area contributed by atoms with Crippen LogP contribution in [0.15, 0.2) is 24.3 Å². The lowest BCUT2D eigenvalue weighted by molar-refractivity contribution is 0.400. The molecule has 0 aliphatic heterocycles. The van der Waals surface area contributed by atoms with Crippen LogP contribution >= 0.6 is 0 Å². The maximum absolute atomic E-state index is 3.49. The largest absolute Gasteiger partial charge is 0.371 e. The van der Waals surface area contributed by atoms with Crippen LogP contribution in [0.2, 0.25) is 0 Å². The van der Waals surface area contributed by atoms with Gasteiger partial charge >= 0.3 is 0 Å². The summed E-state index contributed by atoms with van der Waals surface area (Å²) in [6, 6.07) is 9.55. The Morgan fingerprint density at radius 3 is 2.71 bits per heavy atom. The zero-order valence-corrected chi connectivity index (χ0v) is 11.1. The van der Waals surface area contributed by atoms with Crippen molar-refractivity contribution in [3.63, 3.8) is 0 Å². The molecule has 1 aliphatic carbocycles. The predicted octanol–water partition coefficient (Wildman–Crippen LogP) is 3.17. The molecular formula is C15H24N2. The summed E-state index contributed by atoms with van der Waals surface area (Å²) in [6.07, 6.45) is 5.30. The van der Waals surface area contributed by atoms with Crippen molar-refractivity contribution in [2.45, 2.75) is 45.2 Å². The fourth-order valence-corrected chi connectivity index (χ4v) is 2.37. The molecule has 2 rings (SSSR count). The van der Waals surface area contributed by atoms with Gasteiger partial charge in [-0.15, -0.1) is 0 Å². The lowest BCUT2D eigenvalue weighted by Gasteiger charge is -2.37. The molecular weight excluding hydrogens is 208 g/mol. The normalized spacial score (nSPS) is 15.6. The van der Waals surface area contributed by atoms with Gasteiger partial charge in [-0.25, -0.2) is 0 Å². The lowest BCUT2D eigenvalue weighted by Crippen LogP contribution is -2.37. The number of benzene rings is 1. The fourth-order valence-electron chi connectivity index (χ4n) is 2.37. The second-order valence-corrected chi connectivity index (χ2v) is 5.00. The van der Waals surface area contributed by atoms with Gasteiger partial charge in [0.1, 0.15) is 0 Å². The molecule has 1 aromatic rings.